The van der Waals surface area contributed by atoms with E-state index < -0.39 is 5.97 Å². The highest BCUT2D eigenvalue weighted by atomic mass is 32.2. The van der Waals surface area contributed by atoms with Crippen LogP contribution in [0.25, 0.3) is 6.08 Å². The minimum absolute atomic E-state index is 0.360. The fourth-order valence-corrected chi connectivity index (χ4v) is 2.56. The SMILES string of the molecule is O=C(O)C=Cc1cc(F)cc(CSc2ccccc2)c1. The van der Waals surface area contributed by atoms with Gasteiger partial charge < -0.3 is 5.11 Å². The van der Waals surface area contributed by atoms with Crippen LogP contribution >= 0.6 is 11.8 Å². The maximum atomic E-state index is 13.5. The summed E-state index contributed by atoms with van der Waals surface area (Å²) in [6.07, 6.45) is 2.39. The molecule has 2 nitrogen and oxygen atoms in total. The molecule has 2 rings (SSSR count). The number of halogens is 1. The van der Waals surface area contributed by atoms with Gasteiger partial charge in [0.1, 0.15) is 5.82 Å². The molecule has 0 aliphatic rings. The first-order chi connectivity index (χ1) is 9.63. The molecule has 4 heteroatoms. The predicted octanol–water partition coefficient (Wildman–Crippen LogP) is 4.22. The van der Waals surface area contributed by atoms with Crippen molar-refractivity contribution in [3.8, 4) is 0 Å². The first-order valence-electron chi connectivity index (χ1n) is 6.02. The number of benzene rings is 2. The molecule has 0 amide bonds. The van der Waals surface area contributed by atoms with Crippen molar-refractivity contribution in [3.63, 3.8) is 0 Å². The van der Waals surface area contributed by atoms with Crippen LogP contribution in [0.4, 0.5) is 4.39 Å². The Hall–Kier alpha value is -2.07. The van der Waals surface area contributed by atoms with Crippen LogP contribution in [0, 0.1) is 5.82 Å². The molecule has 2 aromatic carbocycles. The molecular formula is C16H13FO2S. The normalized spacial score (nSPS) is 10.8. The average Bonchev–Trinajstić information content (AvgIpc) is 2.44. The van der Waals surface area contributed by atoms with E-state index in [-0.39, 0.29) is 5.82 Å². The zero-order valence-corrected chi connectivity index (χ0v) is 11.4. The van der Waals surface area contributed by atoms with Crippen molar-refractivity contribution in [2.45, 2.75) is 10.6 Å². The lowest BCUT2D eigenvalue weighted by Crippen LogP contribution is -1.89. The Morgan fingerprint density at radius 3 is 2.65 bits per heavy atom. The smallest absolute Gasteiger partial charge is 0.328 e. The molecule has 1 N–H and O–H groups in total. The highest BCUT2D eigenvalue weighted by Crippen LogP contribution is 2.23. The summed E-state index contributed by atoms with van der Waals surface area (Å²) in [5.41, 5.74) is 1.37. The second-order valence-electron chi connectivity index (χ2n) is 4.17. The fourth-order valence-electron chi connectivity index (χ4n) is 1.71. The van der Waals surface area contributed by atoms with Crippen LogP contribution in [0.2, 0.25) is 0 Å². The molecular weight excluding hydrogens is 275 g/mol. The lowest BCUT2D eigenvalue weighted by atomic mass is 10.1. The maximum absolute atomic E-state index is 13.5. The third kappa shape index (κ3) is 4.55. The average molecular weight is 288 g/mol. The Kier molecular flexibility index (Phi) is 4.96. The van der Waals surface area contributed by atoms with E-state index >= 15 is 0 Å². The molecule has 0 fully saturated rings. The van der Waals surface area contributed by atoms with Gasteiger partial charge in [-0.3, -0.25) is 0 Å². The number of carbonyl (C=O) groups is 1. The van der Waals surface area contributed by atoms with Crippen LogP contribution in [0.5, 0.6) is 0 Å². The van der Waals surface area contributed by atoms with Crippen LogP contribution in [0.3, 0.4) is 0 Å². The summed E-state index contributed by atoms with van der Waals surface area (Å²) < 4.78 is 13.5. The molecule has 0 saturated heterocycles. The minimum atomic E-state index is -1.05. The number of hydrogen-bond acceptors (Lipinski definition) is 2. The molecule has 2 aromatic rings. The Balaban J connectivity index is 2.10. The molecule has 0 radical (unpaired) electrons. The van der Waals surface area contributed by atoms with Crippen LogP contribution in [-0.2, 0) is 10.5 Å². The minimum Gasteiger partial charge on any atom is -0.478 e. The van der Waals surface area contributed by atoms with Crippen LogP contribution in [-0.4, -0.2) is 11.1 Å². The summed E-state index contributed by atoms with van der Waals surface area (Å²) >= 11 is 1.61. The topological polar surface area (TPSA) is 37.3 Å². The maximum Gasteiger partial charge on any atom is 0.328 e. The van der Waals surface area contributed by atoms with Crippen LogP contribution < -0.4 is 0 Å². The molecule has 0 aromatic heterocycles. The summed E-state index contributed by atoms with van der Waals surface area (Å²) in [6, 6.07) is 14.4. The third-order valence-electron chi connectivity index (χ3n) is 2.55. The molecule has 0 saturated carbocycles. The molecule has 0 heterocycles. The number of carboxylic acid groups (broad SMARTS) is 1. The Bertz CT molecular complexity index is 624. The third-order valence-corrected chi connectivity index (χ3v) is 3.63. The Morgan fingerprint density at radius 1 is 1.20 bits per heavy atom. The monoisotopic (exact) mass is 288 g/mol. The van der Waals surface area contributed by atoms with E-state index in [0.29, 0.717) is 11.3 Å². The van der Waals surface area contributed by atoms with Crippen molar-refractivity contribution in [1.82, 2.24) is 0 Å². The molecule has 0 unspecified atom stereocenters. The van der Waals surface area contributed by atoms with E-state index in [0.717, 1.165) is 16.5 Å². The highest BCUT2D eigenvalue weighted by Gasteiger charge is 2.01. The van der Waals surface area contributed by atoms with Gasteiger partial charge in [-0.1, -0.05) is 24.3 Å². The van der Waals surface area contributed by atoms with E-state index in [1.165, 1.54) is 18.2 Å². The van der Waals surface area contributed by atoms with Crippen LogP contribution in [0.15, 0.2) is 59.5 Å². The van der Waals surface area contributed by atoms with Crippen molar-refractivity contribution < 1.29 is 14.3 Å². The molecule has 0 aliphatic heterocycles. The first-order valence-corrected chi connectivity index (χ1v) is 7.00. The van der Waals surface area contributed by atoms with E-state index in [4.69, 9.17) is 5.11 Å². The molecule has 0 aliphatic carbocycles. The summed E-state index contributed by atoms with van der Waals surface area (Å²) in [6.45, 7) is 0. The number of rotatable bonds is 5. The number of thioether (sulfide) groups is 1. The van der Waals surface area contributed by atoms with Crippen molar-refractivity contribution in [2.75, 3.05) is 0 Å². The molecule has 102 valence electrons. The predicted molar refractivity (Wildman–Crippen MR) is 79.1 cm³/mol. The number of carboxylic acids is 1. The Labute approximate surface area is 121 Å². The largest absolute Gasteiger partial charge is 0.478 e. The van der Waals surface area contributed by atoms with Crippen molar-refractivity contribution >= 4 is 23.8 Å². The summed E-state index contributed by atoms with van der Waals surface area (Å²) in [5, 5.41) is 8.58. The zero-order chi connectivity index (χ0) is 14.4. The lowest BCUT2D eigenvalue weighted by Gasteiger charge is -2.04. The number of aliphatic carboxylic acids is 1. The van der Waals surface area contributed by atoms with Gasteiger partial charge in [0, 0.05) is 16.7 Å². The molecule has 20 heavy (non-hydrogen) atoms. The second-order valence-corrected chi connectivity index (χ2v) is 5.21. The lowest BCUT2D eigenvalue weighted by molar-refractivity contribution is -0.131. The Morgan fingerprint density at radius 2 is 1.95 bits per heavy atom. The van der Waals surface area contributed by atoms with Gasteiger partial charge in [-0.25, -0.2) is 9.18 Å². The van der Waals surface area contributed by atoms with E-state index in [1.54, 1.807) is 17.8 Å². The van der Waals surface area contributed by atoms with E-state index in [2.05, 4.69) is 0 Å². The summed E-state index contributed by atoms with van der Waals surface area (Å²) in [5.74, 6) is -0.772. The van der Waals surface area contributed by atoms with E-state index in [1.807, 2.05) is 30.3 Å². The van der Waals surface area contributed by atoms with Gasteiger partial charge in [0.15, 0.2) is 0 Å². The van der Waals surface area contributed by atoms with E-state index in [9.17, 15) is 9.18 Å². The van der Waals surface area contributed by atoms with Gasteiger partial charge in [0.2, 0.25) is 0 Å². The fraction of sp³-hybridized carbons (Fsp3) is 0.0625. The van der Waals surface area contributed by atoms with Gasteiger partial charge >= 0.3 is 5.97 Å². The van der Waals surface area contributed by atoms with Gasteiger partial charge in [-0.15, -0.1) is 11.8 Å². The van der Waals surface area contributed by atoms with Crippen molar-refractivity contribution in [1.29, 1.82) is 0 Å². The summed E-state index contributed by atoms with van der Waals surface area (Å²) in [4.78, 5) is 11.6. The summed E-state index contributed by atoms with van der Waals surface area (Å²) in [7, 11) is 0. The van der Waals surface area contributed by atoms with Gasteiger partial charge in [-0.2, -0.15) is 0 Å². The molecule has 0 bridgehead atoms. The zero-order valence-electron chi connectivity index (χ0n) is 10.6. The molecule has 0 atom stereocenters. The van der Waals surface area contributed by atoms with Gasteiger partial charge in [-0.05, 0) is 41.5 Å². The van der Waals surface area contributed by atoms with Crippen molar-refractivity contribution in [2.24, 2.45) is 0 Å². The highest BCUT2D eigenvalue weighted by molar-refractivity contribution is 7.98. The molecule has 0 spiro atoms. The van der Waals surface area contributed by atoms with Gasteiger partial charge in [0.05, 0.1) is 0 Å². The first kappa shape index (κ1) is 14.3. The standard InChI is InChI=1S/C16H13FO2S/c17-14-9-12(6-7-16(18)19)8-13(10-14)11-20-15-4-2-1-3-5-15/h1-10H,11H2,(H,18,19). The van der Waals surface area contributed by atoms with Crippen LogP contribution in [0.1, 0.15) is 11.1 Å². The van der Waals surface area contributed by atoms with Crippen molar-refractivity contribution in [3.05, 3.63) is 71.6 Å². The quantitative estimate of drug-likeness (QED) is 0.661. The van der Waals surface area contributed by atoms with Gasteiger partial charge in [0.25, 0.3) is 0 Å². The second kappa shape index (κ2) is 6.91. The number of hydrogen-bond donors (Lipinski definition) is 1.